The number of thiazole rings is 1. The van der Waals surface area contributed by atoms with E-state index in [1.165, 1.54) is 32.1 Å². The highest BCUT2D eigenvalue weighted by Crippen LogP contribution is 2.34. The maximum absolute atomic E-state index is 10.7. The Bertz CT molecular complexity index is 372. The number of rotatable bonds is 3. The van der Waals surface area contributed by atoms with Crippen molar-refractivity contribution in [3.8, 4) is 0 Å². The summed E-state index contributed by atoms with van der Waals surface area (Å²) in [6.45, 7) is 0. The smallest absolute Gasteiger partial charge is 0.326 e. The van der Waals surface area contributed by atoms with Gasteiger partial charge >= 0.3 is 5.97 Å². The number of carbonyl (C=O) groups is 1. The largest absolute Gasteiger partial charge is 0.480 e. The average Bonchev–Trinajstić information content (AvgIpc) is 2.78. The molecule has 0 aromatic carbocycles. The third-order valence-electron chi connectivity index (χ3n) is 3.08. The number of carboxylic acid groups (broad SMARTS) is 1. The van der Waals surface area contributed by atoms with Crippen molar-refractivity contribution in [2.75, 3.05) is 0 Å². The summed E-state index contributed by atoms with van der Waals surface area (Å²) in [7, 11) is 0. The normalized spacial score (nSPS) is 19.6. The molecule has 1 saturated carbocycles. The molecule has 1 heterocycles. The number of hydrogen-bond acceptors (Lipinski definition) is 4. The van der Waals surface area contributed by atoms with Crippen molar-refractivity contribution < 1.29 is 9.90 Å². The second-order valence-corrected chi connectivity index (χ2v) is 5.15. The fourth-order valence-electron chi connectivity index (χ4n) is 2.11. The summed E-state index contributed by atoms with van der Waals surface area (Å²) in [6.07, 6.45) is 6.17. The molecule has 1 aromatic heterocycles. The van der Waals surface area contributed by atoms with Crippen molar-refractivity contribution in [2.45, 2.75) is 44.1 Å². The lowest BCUT2D eigenvalue weighted by Crippen LogP contribution is -2.21. The maximum Gasteiger partial charge on any atom is 0.326 e. The first-order valence-electron chi connectivity index (χ1n) is 5.62. The van der Waals surface area contributed by atoms with Gasteiger partial charge in [0.05, 0.1) is 10.7 Å². The van der Waals surface area contributed by atoms with E-state index in [0.29, 0.717) is 11.6 Å². The molecule has 0 saturated heterocycles. The van der Waals surface area contributed by atoms with Crippen molar-refractivity contribution in [2.24, 2.45) is 5.73 Å². The highest BCUT2D eigenvalue weighted by molar-refractivity contribution is 7.09. The third kappa shape index (κ3) is 2.41. The number of aromatic nitrogens is 1. The van der Waals surface area contributed by atoms with Gasteiger partial charge in [-0.2, -0.15) is 0 Å². The molecule has 1 atom stereocenters. The van der Waals surface area contributed by atoms with Crippen LogP contribution in [0, 0.1) is 0 Å². The molecule has 1 aromatic rings. The van der Waals surface area contributed by atoms with Crippen molar-refractivity contribution in [1.82, 2.24) is 4.98 Å². The fraction of sp³-hybridized carbons (Fsp3) is 0.636. The molecular formula is C11H16N2O2S. The second-order valence-electron chi connectivity index (χ2n) is 4.26. The molecule has 1 aliphatic rings. The molecule has 1 unspecified atom stereocenters. The molecule has 16 heavy (non-hydrogen) atoms. The minimum atomic E-state index is -1.01. The molecule has 0 aliphatic heterocycles. The van der Waals surface area contributed by atoms with Crippen LogP contribution in [0.3, 0.4) is 0 Å². The first-order chi connectivity index (χ1) is 7.68. The lowest BCUT2D eigenvalue weighted by atomic mass is 9.90. The van der Waals surface area contributed by atoms with Crippen LogP contribution in [-0.2, 0) is 4.79 Å². The molecule has 0 bridgehead atoms. The Morgan fingerprint density at radius 3 is 2.81 bits per heavy atom. The zero-order chi connectivity index (χ0) is 11.5. The van der Waals surface area contributed by atoms with E-state index < -0.39 is 12.0 Å². The zero-order valence-electron chi connectivity index (χ0n) is 9.06. The zero-order valence-corrected chi connectivity index (χ0v) is 9.87. The molecule has 0 radical (unpaired) electrons. The summed E-state index contributed by atoms with van der Waals surface area (Å²) in [5.74, 6) is -0.492. The fourth-order valence-corrected chi connectivity index (χ4v) is 3.13. The Kier molecular flexibility index (Phi) is 3.56. The van der Waals surface area contributed by atoms with Crippen LogP contribution in [0.2, 0.25) is 0 Å². The van der Waals surface area contributed by atoms with Gasteiger partial charge in [-0.3, -0.25) is 4.79 Å². The van der Waals surface area contributed by atoms with Crippen LogP contribution in [0.4, 0.5) is 0 Å². The summed E-state index contributed by atoms with van der Waals surface area (Å²) in [5, 5.41) is 11.6. The van der Waals surface area contributed by atoms with E-state index >= 15 is 0 Å². The summed E-state index contributed by atoms with van der Waals surface area (Å²) in [6, 6.07) is -0.978. The van der Waals surface area contributed by atoms with Gasteiger partial charge in [-0.25, -0.2) is 4.98 Å². The topological polar surface area (TPSA) is 76.2 Å². The van der Waals surface area contributed by atoms with E-state index in [0.717, 1.165) is 5.01 Å². The van der Waals surface area contributed by atoms with Crippen LogP contribution in [0.15, 0.2) is 5.38 Å². The van der Waals surface area contributed by atoms with E-state index in [1.807, 2.05) is 0 Å². The Balaban J connectivity index is 2.09. The quantitative estimate of drug-likeness (QED) is 0.849. The van der Waals surface area contributed by atoms with Crippen molar-refractivity contribution >= 4 is 17.3 Å². The molecule has 1 aliphatic carbocycles. The van der Waals surface area contributed by atoms with Gasteiger partial charge < -0.3 is 10.8 Å². The number of nitrogens with two attached hydrogens (primary N) is 1. The van der Waals surface area contributed by atoms with Crippen LogP contribution in [-0.4, -0.2) is 16.1 Å². The predicted octanol–water partition coefficient (Wildman–Crippen LogP) is 2.28. The van der Waals surface area contributed by atoms with Crippen molar-refractivity contribution in [3.63, 3.8) is 0 Å². The van der Waals surface area contributed by atoms with E-state index in [9.17, 15) is 4.79 Å². The van der Waals surface area contributed by atoms with E-state index in [2.05, 4.69) is 4.98 Å². The van der Waals surface area contributed by atoms with Gasteiger partial charge in [0.2, 0.25) is 0 Å². The van der Waals surface area contributed by atoms with Gasteiger partial charge in [0.1, 0.15) is 6.04 Å². The number of aliphatic carboxylic acids is 1. The van der Waals surface area contributed by atoms with Gasteiger partial charge in [0, 0.05) is 11.3 Å². The number of hydrogen-bond donors (Lipinski definition) is 2. The van der Waals surface area contributed by atoms with Crippen molar-refractivity contribution in [3.05, 3.63) is 16.1 Å². The first-order valence-corrected chi connectivity index (χ1v) is 6.50. The highest BCUT2D eigenvalue weighted by Gasteiger charge is 2.22. The van der Waals surface area contributed by atoms with Gasteiger partial charge in [-0.1, -0.05) is 19.3 Å². The molecule has 1 fully saturated rings. The molecular weight excluding hydrogens is 224 g/mol. The van der Waals surface area contributed by atoms with E-state index in [4.69, 9.17) is 10.8 Å². The monoisotopic (exact) mass is 240 g/mol. The lowest BCUT2D eigenvalue weighted by Gasteiger charge is -2.18. The summed E-state index contributed by atoms with van der Waals surface area (Å²) in [4.78, 5) is 15.1. The predicted molar refractivity (Wildman–Crippen MR) is 62.5 cm³/mol. The SMILES string of the molecule is NC(C(=O)O)c1csc(C2CCCCC2)n1. The standard InChI is InChI=1S/C11H16N2O2S/c12-9(11(14)15)8-6-16-10(13-8)7-4-2-1-3-5-7/h6-7,9H,1-5,12H2,(H,14,15). The maximum atomic E-state index is 10.7. The Labute approximate surface area is 98.5 Å². The van der Waals surface area contributed by atoms with Crippen molar-refractivity contribution in [1.29, 1.82) is 0 Å². The van der Waals surface area contributed by atoms with Crippen LogP contribution in [0.25, 0.3) is 0 Å². The Hall–Kier alpha value is -0.940. The van der Waals surface area contributed by atoms with Crippen LogP contribution in [0.5, 0.6) is 0 Å². The Morgan fingerprint density at radius 1 is 1.50 bits per heavy atom. The van der Waals surface area contributed by atoms with Gasteiger partial charge in [0.15, 0.2) is 0 Å². The van der Waals surface area contributed by atoms with Crippen LogP contribution in [0.1, 0.15) is 54.8 Å². The minimum Gasteiger partial charge on any atom is -0.480 e. The lowest BCUT2D eigenvalue weighted by molar-refractivity contribution is -0.138. The molecule has 3 N–H and O–H groups in total. The third-order valence-corrected chi connectivity index (χ3v) is 4.10. The van der Waals surface area contributed by atoms with E-state index in [-0.39, 0.29) is 0 Å². The summed E-state index contributed by atoms with van der Waals surface area (Å²) < 4.78 is 0. The minimum absolute atomic E-state index is 0.498. The van der Waals surface area contributed by atoms with Gasteiger partial charge in [-0.15, -0.1) is 11.3 Å². The molecule has 0 spiro atoms. The molecule has 4 nitrogen and oxygen atoms in total. The van der Waals surface area contributed by atoms with Crippen LogP contribution < -0.4 is 5.73 Å². The van der Waals surface area contributed by atoms with Gasteiger partial charge in [0.25, 0.3) is 0 Å². The molecule has 5 heteroatoms. The number of carboxylic acids is 1. The van der Waals surface area contributed by atoms with E-state index in [1.54, 1.807) is 16.7 Å². The second kappa shape index (κ2) is 4.93. The average molecular weight is 240 g/mol. The molecule has 0 amide bonds. The Morgan fingerprint density at radius 2 is 2.19 bits per heavy atom. The first kappa shape index (κ1) is 11.5. The summed E-state index contributed by atoms with van der Waals surface area (Å²) in [5.41, 5.74) is 6.02. The highest BCUT2D eigenvalue weighted by atomic mass is 32.1. The number of nitrogens with zero attached hydrogens (tertiary/aromatic N) is 1. The van der Waals surface area contributed by atoms with Gasteiger partial charge in [-0.05, 0) is 12.8 Å². The summed E-state index contributed by atoms with van der Waals surface area (Å²) >= 11 is 1.55. The van der Waals surface area contributed by atoms with Crippen LogP contribution >= 0.6 is 11.3 Å². The molecule has 2 rings (SSSR count). The molecule has 88 valence electrons.